The maximum atomic E-state index is 5.58. The van der Waals surface area contributed by atoms with Gasteiger partial charge in [0.25, 0.3) is 0 Å². The summed E-state index contributed by atoms with van der Waals surface area (Å²) in [7, 11) is 0. The molecule has 1 N–H and O–H groups in total. The summed E-state index contributed by atoms with van der Waals surface area (Å²) in [6.07, 6.45) is 4.08. The molecule has 1 aromatic carbocycles. The third-order valence-corrected chi connectivity index (χ3v) is 5.34. The maximum absolute atomic E-state index is 5.58. The Labute approximate surface area is 127 Å². The van der Waals surface area contributed by atoms with Gasteiger partial charge in [-0.15, -0.1) is 0 Å². The molecule has 0 spiro atoms. The summed E-state index contributed by atoms with van der Waals surface area (Å²) in [5, 5.41) is 3.81. The second-order valence-electron chi connectivity index (χ2n) is 6.96. The zero-order valence-corrected chi connectivity index (χ0v) is 12.7. The molecule has 2 heterocycles. The fourth-order valence-electron chi connectivity index (χ4n) is 3.92. The van der Waals surface area contributed by atoms with Crippen molar-refractivity contribution in [2.24, 2.45) is 11.8 Å². The Kier molecular flexibility index (Phi) is 3.97. The number of hydrogen-bond donors (Lipinski definition) is 1. The normalized spacial score (nSPS) is 34.2. The van der Waals surface area contributed by atoms with Gasteiger partial charge in [0.05, 0.1) is 6.61 Å². The van der Waals surface area contributed by atoms with Crippen molar-refractivity contribution in [1.82, 2.24) is 10.2 Å². The molecule has 0 aromatic heterocycles. The van der Waals surface area contributed by atoms with Crippen molar-refractivity contribution in [2.45, 2.75) is 31.3 Å². The van der Waals surface area contributed by atoms with Gasteiger partial charge < -0.3 is 10.1 Å². The van der Waals surface area contributed by atoms with Crippen molar-refractivity contribution in [2.75, 3.05) is 32.8 Å². The van der Waals surface area contributed by atoms with Gasteiger partial charge in [-0.2, -0.15) is 0 Å². The molecule has 3 unspecified atom stereocenters. The molecule has 0 amide bonds. The van der Waals surface area contributed by atoms with Crippen LogP contribution in [0.4, 0.5) is 0 Å². The van der Waals surface area contributed by atoms with Crippen LogP contribution in [0.2, 0.25) is 0 Å². The van der Waals surface area contributed by atoms with Gasteiger partial charge in [-0.05, 0) is 36.7 Å². The van der Waals surface area contributed by atoms with E-state index in [0.29, 0.717) is 12.1 Å². The minimum absolute atomic E-state index is 0.529. The van der Waals surface area contributed by atoms with E-state index >= 15 is 0 Å². The Balaban J connectivity index is 1.49. The van der Waals surface area contributed by atoms with E-state index in [9.17, 15) is 0 Å². The number of piperazine rings is 1. The largest absolute Gasteiger partial charge is 0.381 e. The minimum Gasteiger partial charge on any atom is -0.381 e. The Morgan fingerprint density at radius 2 is 2.00 bits per heavy atom. The standard InChI is InChI=1S/C18H26N2O/c1-2-4-16(5-3-1)18-10-19-17(15-6-7-15)12-20(18)11-14-8-9-21-13-14/h1-5,14-15,17-19H,6-13H2. The second-order valence-corrected chi connectivity index (χ2v) is 6.96. The smallest absolute Gasteiger partial charge is 0.0507 e. The lowest BCUT2D eigenvalue weighted by molar-refractivity contribution is 0.0959. The highest BCUT2D eigenvalue weighted by Gasteiger charge is 2.38. The highest BCUT2D eigenvalue weighted by atomic mass is 16.5. The highest BCUT2D eigenvalue weighted by molar-refractivity contribution is 5.20. The van der Waals surface area contributed by atoms with Gasteiger partial charge in [0.15, 0.2) is 0 Å². The number of nitrogens with one attached hydrogen (secondary N) is 1. The fraction of sp³-hybridized carbons (Fsp3) is 0.667. The first kappa shape index (κ1) is 13.7. The molecule has 3 aliphatic rings. The first-order valence-electron chi connectivity index (χ1n) is 8.50. The summed E-state index contributed by atoms with van der Waals surface area (Å²) in [4.78, 5) is 2.73. The van der Waals surface area contributed by atoms with E-state index in [1.54, 1.807) is 0 Å². The zero-order valence-electron chi connectivity index (χ0n) is 12.7. The van der Waals surface area contributed by atoms with E-state index in [1.807, 2.05) is 0 Å². The van der Waals surface area contributed by atoms with Crippen LogP contribution in [-0.4, -0.2) is 43.8 Å². The van der Waals surface area contributed by atoms with Crippen LogP contribution in [0.3, 0.4) is 0 Å². The molecule has 0 radical (unpaired) electrons. The van der Waals surface area contributed by atoms with Gasteiger partial charge in [0.1, 0.15) is 0 Å². The van der Waals surface area contributed by atoms with E-state index in [2.05, 4.69) is 40.5 Å². The van der Waals surface area contributed by atoms with E-state index < -0.39 is 0 Å². The summed E-state index contributed by atoms with van der Waals surface area (Å²) < 4.78 is 5.58. The molecule has 1 aliphatic carbocycles. The van der Waals surface area contributed by atoms with Crippen LogP contribution >= 0.6 is 0 Å². The van der Waals surface area contributed by atoms with Gasteiger partial charge in [-0.3, -0.25) is 4.90 Å². The zero-order chi connectivity index (χ0) is 14.1. The van der Waals surface area contributed by atoms with E-state index in [0.717, 1.165) is 31.6 Å². The fourth-order valence-corrected chi connectivity index (χ4v) is 3.92. The van der Waals surface area contributed by atoms with Crippen molar-refractivity contribution in [3.05, 3.63) is 35.9 Å². The molecule has 3 heteroatoms. The number of nitrogens with zero attached hydrogens (tertiary/aromatic N) is 1. The number of benzene rings is 1. The molecule has 3 fully saturated rings. The van der Waals surface area contributed by atoms with Crippen LogP contribution in [-0.2, 0) is 4.74 Å². The van der Waals surface area contributed by atoms with Crippen LogP contribution in [0.25, 0.3) is 0 Å². The van der Waals surface area contributed by atoms with Crippen LogP contribution in [0.1, 0.15) is 30.9 Å². The third kappa shape index (κ3) is 3.15. The summed E-state index contributed by atoms with van der Waals surface area (Å²) in [5.41, 5.74) is 1.46. The number of ether oxygens (including phenoxy) is 1. The molecule has 21 heavy (non-hydrogen) atoms. The van der Waals surface area contributed by atoms with Crippen LogP contribution in [0, 0.1) is 11.8 Å². The van der Waals surface area contributed by atoms with E-state index in [4.69, 9.17) is 4.74 Å². The van der Waals surface area contributed by atoms with Crippen LogP contribution < -0.4 is 5.32 Å². The summed E-state index contributed by atoms with van der Waals surface area (Å²) in [5.74, 6) is 1.67. The van der Waals surface area contributed by atoms with Crippen molar-refractivity contribution in [3.63, 3.8) is 0 Å². The topological polar surface area (TPSA) is 24.5 Å². The monoisotopic (exact) mass is 286 g/mol. The number of rotatable bonds is 4. The summed E-state index contributed by atoms with van der Waals surface area (Å²) >= 11 is 0. The van der Waals surface area contributed by atoms with Crippen LogP contribution in [0.15, 0.2) is 30.3 Å². The SMILES string of the molecule is c1ccc(C2CNC(C3CC3)CN2CC2CCOC2)cc1. The molecule has 3 atom stereocenters. The average Bonchev–Trinajstić information content (AvgIpc) is 3.26. The van der Waals surface area contributed by atoms with Gasteiger partial charge in [-0.25, -0.2) is 0 Å². The molecular weight excluding hydrogens is 260 g/mol. The Morgan fingerprint density at radius 3 is 2.71 bits per heavy atom. The van der Waals surface area contributed by atoms with Crippen molar-refractivity contribution >= 4 is 0 Å². The van der Waals surface area contributed by atoms with E-state index in [1.165, 1.54) is 37.9 Å². The first-order chi connectivity index (χ1) is 10.4. The summed E-state index contributed by atoms with van der Waals surface area (Å²) in [6, 6.07) is 12.2. The second kappa shape index (κ2) is 6.07. The molecular formula is C18H26N2O. The molecule has 3 nitrogen and oxygen atoms in total. The van der Waals surface area contributed by atoms with E-state index in [-0.39, 0.29) is 0 Å². The lowest BCUT2D eigenvalue weighted by Crippen LogP contribution is -2.54. The molecule has 114 valence electrons. The predicted octanol–water partition coefficient (Wildman–Crippen LogP) is 2.45. The molecule has 1 aromatic rings. The van der Waals surface area contributed by atoms with Gasteiger partial charge in [0, 0.05) is 38.3 Å². The molecule has 4 rings (SSSR count). The van der Waals surface area contributed by atoms with Crippen molar-refractivity contribution in [3.8, 4) is 0 Å². The number of hydrogen-bond acceptors (Lipinski definition) is 3. The Hall–Kier alpha value is -0.900. The predicted molar refractivity (Wildman–Crippen MR) is 84.2 cm³/mol. The molecule has 0 bridgehead atoms. The van der Waals surface area contributed by atoms with Gasteiger partial charge >= 0.3 is 0 Å². The third-order valence-electron chi connectivity index (χ3n) is 5.34. The molecule has 1 saturated carbocycles. The van der Waals surface area contributed by atoms with Crippen LogP contribution in [0.5, 0.6) is 0 Å². The average molecular weight is 286 g/mol. The lowest BCUT2D eigenvalue weighted by atomic mass is 9.97. The first-order valence-corrected chi connectivity index (χ1v) is 8.50. The summed E-state index contributed by atoms with van der Waals surface area (Å²) in [6.45, 7) is 5.42. The Morgan fingerprint density at radius 1 is 1.14 bits per heavy atom. The van der Waals surface area contributed by atoms with Gasteiger partial charge in [0.2, 0.25) is 0 Å². The quantitative estimate of drug-likeness (QED) is 0.920. The van der Waals surface area contributed by atoms with Crippen molar-refractivity contribution < 1.29 is 4.74 Å². The van der Waals surface area contributed by atoms with Crippen molar-refractivity contribution in [1.29, 1.82) is 0 Å². The highest BCUT2D eigenvalue weighted by Crippen LogP contribution is 2.36. The molecule has 2 aliphatic heterocycles. The molecule has 2 saturated heterocycles. The minimum atomic E-state index is 0.529. The maximum Gasteiger partial charge on any atom is 0.0507 e. The lowest BCUT2D eigenvalue weighted by Gasteiger charge is -2.42. The van der Waals surface area contributed by atoms with Gasteiger partial charge in [-0.1, -0.05) is 30.3 Å². The Bertz CT molecular complexity index is 452.